The van der Waals surface area contributed by atoms with Crippen molar-refractivity contribution in [1.29, 1.82) is 0 Å². The van der Waals surface area contributed by atoms with Crippen LogP contribution in [-0.4, -0.2) is 18.1 Å². The van der Waals surface area contributed by atoms with E-state index < -0.39 is 29.8 Å². The van der Waals surface area contributed by atoms with Crippen molar-refractivity contribution >= 4 is 12.0 Å². The number of halogens is 3. The maximum Gasteiger partial charge on any atom is 0.416 e. The monoisotopic (exact) mass is 407 g/mol. The molecule has 1 saturated heterocycles. The van der Waals surface area contributed by atoms with E-state index in [0.717, 1.165) is 29.7 Å². The smallest absolute Gasteiger partial charge is 0.416 e. The van der Waals surface area contributed by atoms with Gasteiger partial charge in [-0.1, -0.05) is 19.4 Å². The highest BCUT2D eigenvalue weighted by Gasteiger charge is 2.33. The number of aryl methyl sites for hydroxylation is 2. The number of carbonyl (C=O) groups is 2. The average molecular weight is 407 g/mol. The van der Waals surface area contributed by atoms with Gasteiger partial charge < -0.3 is 9.47 Å². The van der Waals surface area contributed by atoms with Crippen LogP contribution in [0.5, 0.6) is 11.5 Å². The number of cyclic esters (lactones) is 1. The lowest BCUT2D eigenvalue weighted by Crippen LogP contribution is -2.26. The molecule has 2 aromatic rings. The summed E-state index contributed by atoms with van der Waals surface area (Å²) in [7, 11) is 0. The summed E-state index contributed by atoms with van der Waals surface area (Å²) in [5, 5.41) is 2.10. The van der Waals surface area contributed by atoms with Crippen molar-refractivity contribution in [3.8, 4) is 11.5 Å². The molecule has 3 rings (SSSR count). The van der Waals surface area contributed by atoms with Crippen LogP contribution in [0.3, 0.4) is 0 Å². The first-order chi connectivity index (χ1) is 13.7. The molecule has 1 unspecified atom stereocenters. The summed E-state index contributed by atoms with van der Waals surface area (Å²) in [5.74, 6) is 0.336. The van der Waals surface area contributed by atoms with Crippen LogP contribution < -0.4 is 10.1 Å². The number of alkyl carbamates (subject to hydrolysis) is 1. The van der Waals surface area contributed by atoms with Gasteiger partial charge in [-0.25, -0.2) is 4.79 Å². The SMILES string of the molecule is CCCc1cc(Oc2ccc(C(F)(F)F)cc2C)ccc1CC1OC(=O)NC1=O. The highest BCUT2D eigenvalue weighted by atomic mass is 19.4. The van der Waals surface area contributed by atoms with Crippen LogP contribution in [-0.2, 0) is 28.5 Å². The highest BCUT2D eigenvalue weighted by molar-refractivity contribution is 6.00. The van der Waals surface area contributed by atoms with Crippen LogP contribution in [0.4, 0.5) is 18.0 Å². The van der Waals surface area contributed by atoms with Crippen molar-refractivity contribution in [3.63, 3.8) is 0 Å². The molecule has 0 aliphatic carbocycles. The fourth-order valence-electron chi connectivity index (χ4n) is 3.16. The van der Waals surface area contributed by atoms with E-state index in [9.17, 15) is 22.8 Å². The molecule has 2 aromatic carbocycles. The molecule has 29 heavy (non-hydrogen) atoms. The molecule has 0 aromatic heterocycles. The zero-order valence-electron chi connectivity index (χ0n) is 15.9. The molecular formula is C21H20F3NO4. The first-order valence-electron chi connectivity index (χ1n) is 9.16. The van der Waals surface area contributed by atoms with Crippen LogP contribution in [0, 0.1) is 6.92 Å². The van der Waals surface area contributed by atoms with Gasteiger partial charge in [0.1, 0.15) is 11.5 Å². The minimum absolute atomic E-state index is 0.243. The Labute approximate surface area is 165 Å². The number of rotatable bonds is 6. The van der Waals surface area contributed by atoms with Gasteiger partial charge in [-0.05, 0) is 60.4 Å². The maximum absolute atomic E-state index is 12.8. The summed E-state index contributed by atoms with van der Waals surface area (Å²) in [6, 6.07) is 8.58. The molecule has 1 N–H and O–H groups in total. The van der Waals surface area contributed by atoms with Crippen molar-refractivity contribution in [1.82, 2.24) is 5.32 Å². The Balaban J connectivity index is 1.81. The predicted octanol–water partition coefficient (Wildman–Crippen LogP) is 4.94. The number of hydrogen-bond donors (Lipinski definition) is 1. The Kier molecular flexibility index (Phi) is 5.81. The molecule has 2 amide bonds. The molecule has 0 saturated carbocycles. The molecule has 0 bridgehead atoms. The fourth-order valence-corrected chi connectivity index (χ4v) is 3.16. The molecule has 1 aliphatic rings. The number of amides is 2. The second kappa shape index (κ2) is 8.14. The van der Waals surface area contributed by atoms with E-state index in [4.69, 9.17) is 9.47 Å². The Morgan fingerprint density at radius 3 is 2.45 bits per heavy atom. The summed E-state index contributed by atoms with van der Waals surface area (Å²) in [6.45, 7) is 3.55. The van der Waals surface area contributed by atoms with Crippen molar-refractivity contribution in [3.05, 3.63) is 58.7 Å². The summed E-state index contributed by atoms with van der Waals surface area (Å²) >= 11 is 0. The third-order valence-electron chi connectivity index (χ3n) is 4.60. The first-order valence-corrected chi connectivity index (χ1v) is 9.16. The van der Waals surface area contributed by atoms with Crippen LogP contribution in [0.1, 0.15) is 35.6 Å². The lowest BCUT2D eigenvalue weighted by atomic mass is 9.98. The zero-order chi connectivity index (χ0) is 21.2. The van der Waals surface area contributed by atoms with Crippen molar-refractivity contribution in [2.75, 3.05) is 0 Å². The van der Waals surface area contributed by atoms with Gasteiger partial charge in [0.05, 0.1) is 5.56 Å². The lowest BCUT2D eigenvalue weighted by molar-refractivity contribution is -0.137. The average Bonchev–Trinajstić information content (AvgIpc) is 2.95. The normalized spacial score (nSPS) is 16.5. The third kappa shape index (κ3) is 4.88. The molecule has 1 heterocycles. The Bertz CT molecular complexity index is 940. The summed E-state index contributed by atoms with van der Waals surface area (Å²) in [4.78, 5) is 22.9. The fraction of sp³-hybridized carbons (Fsp3) is 0.333. The molecule has 0 radical (unpaired) electrons. The van der Waals surface area contributed by atoms with E-state index in [1.165, 1.54) is 6.07 Å². The van der Waals surface area contributed by atoms with Crippen molar-refractivity contribution in [2.45, 2.75) is 45.4 Å². The van der Waals surface area contributed by atoms with E-state index >= 15 is 0 Å². The maximum atomic E-state index is 12.8. The number of imide groups is 1. The van der Waals surface area contributed by atoms with Crippen LogP contribution in [0.15, 0.2) is 36.4 Å². The summed E-state index contributed by atoms with van der Waals surface area (Å²) < 4.78 is 49.2. The lowest BCUT2D eigenvalue weighted by Gasteiger charge is -2.15. The van der Waals surface area contributed by atoms with Crippen LogP contribution >= 0.6 is 0 Å². The Hall–Kier alpha value is -3.03. The number of alkyl halides is 3. The number of carbonyl (C=O) groups excluding carboxylic acids is 2. The quantitative estimate of drug-likeness (QED) is 0.737. The molecule has 154 valence electrons. The molecule has 1 fully saturated rings. The van der Waals surface area contributed by atoms with Crippen molar-refractivity contribution in [2.24, 2.45) is 0 Å². The van der Waals surface area contributed by atoms with E-state index in [-0.39, 0.29) is 6.42 Å². The summed E-state index contributed by atoms with van der Waals surface area (Å²) in [5.41, 5.74) is 1.41. The molecule has 5 nitrogen and oxygen atoms in total. The Morgan fingerprint density at radius 2 is 1.86 bits per heavy atom. The van der Waals surface area contributed by atoms with Gasteiger partial charge in [-0.15, -0.1) is 0 Å². The Morgan fingerprint density at radius 1 is 1.10 bits per heavy atom. The summed E-state index contributed by atoms with van der Waals surface area (Å²) in [6.07, 6.45) is -4.24. The van der Waals surface area contributed by atoms with Crippen LogP contribution in [0.25, 0.3) is 0 Å². The van der Waals surface area contributed by atoms with E-state index in [1.54, 1.807) is 25.1 Å². The van der Waals surface area contributed by atoms with Gasteiger partial charge in [0, 0.05) is 6.42 Å². The molecular weight excluding hydrogens is 387 g/mol. The van der Waals surface area contributed by atoms with Gasteiger partial charge in [-0.2, -0.15) is 13.2 Å². The standard InChI is InChI=1S/C21H20F3NO4/c1-3-4-13-10-16(7-5-14(13)11-18-19(26)25-20(27)29-18)28-17-8-6-15(9-12(17)2)21(22,23)24/h5-10,18H,3-4,11H2,1-2H3,(H,25,26,27). The molecule has 8 heteroatoms. The third-order valence-corrected chi connectivity index (χ3v) is 4.60. The van der Waals surface area contributed by atoms with Gasteiger partial charge in [0.15, 0.2) is 6.10 Å². The van der Waals surface area contributed by atoms with Gasteiger partial charge in [0.2, 0.25) is 0 Å². The number of hydrogen-bond acceptors (Lipinski definition) is 4. The van der Waals surface area contributed by atoms with E-state index in [0.29, 0.717) is 23.5 Å². The number of benzene rings is 2. The molecule has 1 atom stereocenters. The topological polar surface area (TPSA) is 64.6 Å². The van der Waals surface area contributed by atoms with Gasteiger partial charge >= 0.3 is 12.3 Å². The van der Waals surface area contributed by atoms with E-state index in [2.05, 4.69) is 5.32 Å². The second-order valence-electron chi connectivity index (χ2n) is 6.85. The van der Waals surface area contributed by atoms with Crippen molar-refractivity contribution < 1.29 is 32.2 Å². The van der Waals surface area contributed by atoms with E-state index in [1.807, 2.05) is 6.92 Å². The minimum atomic E-state index is -4.41. The number of ether oxygens (including phenoxy) is 2. The minimum Gasteiger partial charge on any atom is -0.457 e. The molecule has 1 aliphatic heterocycles. The number of nitrogens with one attached hydrogen (secondary N) is 1. The first kappa shape index (κ1) is 20.7. The second-order valence-corrected chi connectivity index (χ2v) is 6.85. The van der Waals surface area contributed by atoms with Gasteiger partial charge in [0.25, 0.3) is 5.91 Å². The van der Waals surface area contributed by atoms with Crippen LogP contribution in [0.2, 0.25) is 0 Å². The predicted molar refractivity (Wildman–Crippen MR) is 98.8 cm³/mol. The molecule has 0 spiro atoms. The largest absolute Gasteiger partial charge is 0.457 e. The van der Waals surface area contributed by atoms with Gasteiger partial charge in [-0.3, -0.25) is 10.1 Å². The zero-order valence-corrected chi connectivity index (χ0v) is 15.9. The highest BCUT2D eigenvalue weighted by Crippen LogP contribution is 2.34.